The Morgan fingerprint density at radius 1 is 1.04 bits per heavy atom. The summed E-state index contributed by atoms with van der Waals surface area (Å²) in [7, 11) is -0.845. The van der Waals surface area contributed by atoms with Gasteiger partial charge in [-0.05, 0) is 31.2 Å². The Kier molecular flexibility index (Phi) is 7.13. The first kappa shape index (κ1) is 21.4. The van der Waals surface area contributed by atoms with Crippen LogP contribution in [0.15, 0.2) is 47.4 Å². The van der Waals surface area contributed by atoms with E-state index in [1.165, 1.54) is 45.4 Å². The largest absolute Gasteiger partial charge is 0.497 e. The van der Waals surface area contributed by atoms with Crippen LogP contribution in [-0.4, -0.2) is 40.9 Å². The molecule has 2 N–H and O–H groups in total. The Morgan fingerprint density at radius 3 is 2.43 bits per heavy atom. The van der Waals surface area contributed by atoms with Gasteiger partial charge in [0.1, 0.15) is 11.5 Å². The first-order chi connectivity index (χ1) is 13.3. The van der Waals surface area contributed by atoms with Crippen molar-refractivity contribution in [2.45, 2.75) is 18.2 Å². The van der Waals surface area contributed by atoms with E-state index in [9.17, 15) is 18.0 Å². The van der Waals surface area contributed by atoms with Gasteiger partial charge in [-0.1, -0.05) is 12.1 Å². The average Bonchev–Trinajstić information content (AvgIpc) is 2.68. The fourth-order valence-corrected chi connectivity index (χ4v) is 3.46. The van der Waals surface area contributed by atoms with Crippen LogP contribution in [0.25, 0.3) is 0 Å². The van der Waals surface area contributed by atoms with Gasteiger partial charge in [0.25, 0.3) is 0 Å². The molecule has 8 nitrogen and oxygen atoms in total. The summed E-state index contributed by atoms with van der Waals surface area (Å²) in [5.74, 6) is 0.387. The number of amides is 1. The van der Waals surface area contributed by atoms with E-state index < -0.39 is 10.0 Å². The van der Waals surface area contributed by atoms with E-state index >= 15 is 0 Å². The number of anilines is 1. The molecule has 0 spiro atoms. The van der Waals surface area contributed by atoms with Crippen molar-refractivity contribution in [2.24, 2.45) is 0 Å². The molecule has 2 rings (SSSR count). The molecule has 0 bridgehead atoms. The van der Waals surface area contributed by atoms with Crippen LogP contribution >= 0.6 is 0 Å². The van der Waals surface area contributed by atoms with Gasteiger partial charge in [-0.15, -0.1) is 0 Å². The molecule has 0 saturated heterocycles. The molecule has 9 heteroatoms. The van der Waals surface area contributed by atoms with Crippen molar-refractivity contribution in [3.63, 3.8) is 0 Å². The van der Waals surface area contributed by atoms with Gasteiger partial charge in [0.05, 0.1) is 24.8 Å². The SMILES string of the molecule is COc1ccc(NC(=O)CCNS(=O)(=O)c2cccc(C(C)=O)c2)c(OC)c1. The number of sulfonamides is 1. The molecule has 0 aliphatic carbocycles. The van der Waals surface area contributed by atoms with Crippen LogP contribution in [0.4, 0.5) is 5.69 Å². The molecule has 0 saturated carbocycles. The maximum atomic E-state index is 12.3. The number of benzene rings is 2. The summed E-state index contributed by atoms with van der Waals surface area (Å²) in [5, 5.41) is 2.66. The number of carbonyl (C=O) groups excluding carboxylic acids is 2. The van der Waals surface area contributed by atoms with Crippen LogP contribution in [-0.2, 0) is 14.8 Å². The number of rotatable bonds is 9. The summed E-state index contributed by atoms with van der Waals surface area (Å²) in [6.07, 6.45) is -0.0825. The lowest BCUT2D eigenvalue weighted by Gasteiger charge is -2.12. The van der Waals surface area contributed by atoms with Gasteiger partial charge in [-0.3, -0.25) is 9.59 Å². The molecule has 2 aromatic rings. The summed E-state index contributed by atoms with van der Waals surface area (Å²) < 4.78 is 37.3. The van der Waals surface area contributed by atoms with Crippen molar-refractivity contribution in [2.75, 3.05) is 26.1 Å². The highest BCUT2D eigenvalue weighted by molar-refractivity contribution is 7.89. The van der Waals surface area contributed by atoms with E-state index in [4.69, 9.17) is 9.47 Å². The van der Waals surface area contributed by atoms with Crippen molar-refractivity contribution >= 4 is 27.4 Å². The van der Waals surface area contributed by atoms with Gasteiger partial charge >= 0.3 is 0 Å². The molecule has 0 aromatic heterocycles. The molecule has 150 valence electrons. The van der Waals surface area contributed by atoms with Gasteiger partial charge < -0.3 is 14.8 Å². The lowest BCUT2D eigenvalue weighted by Crippen LogP contribution is -2.28. The molecule has 1 amide bonds. The summed E-state index contributed by atoms with van der Waals surface area (Å²) in [6, 6.07) is 10.6. The molecule has 0 aliphatic rings. The topological polar surface area (TPSA) is 111 Å². The molecule has 0 radical (unpaired) electrons. The molecule has 0 atom stereocenters. The molecule has 0 heterocycles. The van der Waals surface area contributed by atoms with Crippen LogP contribution in [0.2, 0.25) is 0 Å². The zero-order valence-electron chi connectivity index (χ0n) is 15.8. The molecular formula is C19H22N2O6S. The molecule has 28 heavy (non-hydrogen) atoms. The van der Waals surface area contributed by atoms with Crippen LogP contribution in [0, 0.1) is 0 Å². The average molecular weight is 406 g/mol. The number of Topliss-reactive ketones (excluding diaryl/α,β-unsaturated/α-hetero) is 1. The van der Waals surface area contributed by atoms with Crippen LogP contribution in [0.5, 0.6) is 11.5 Å². The zero-order valence-corrected chi connectivity index (χ0v) is 16.6. The predicted molar refractivity (Wildman–Crippen MR) is 104 cm³/mol. The van der Waals surface area contributed by atoms with Crippen molar-refractivity contribution in [3.05, 3.63) is 48.0 Å². The number of ketones is 1. The first-order valence-corrected chi connectivity index (χ1v) is 9.87. The second kappa shape index (κ2) is 9.34. The third-order valence-electron chi connectivity index (χ3n) is 3.88. The van der Waals surface area contributed by atoms with Crippen molar-refractivity contribution < 1.29 is 27.5 Å². The normalized spacial score (nSPS) is 11.0. The third-order valence-corrected chi connectivity index (χ3v) is 5.34. The van der Waals surface area contributed by atoms with Crippen molar-refractivity contribution in [1.29, 1.82) is 0 Å². The summed E-state index contributed by atoms with van der Waals surface area (Å²) in [4.78, 5) is 23.5. The Labute approximate surface area is 163 Å². The Hall–Kier alpha value is -2.91. The van der Waals surface area contributed by atoms with E-state index in [2.05, 4.69) is 10.0 Å². The van der Waals surface area contributed by atoms with E-state index in [1.807, 2.05) is 0 Å². The van der Waals surface area contributed by atoms with E-state index in [1.54, 1.807) is 18.2 Å². The number of hydrogen-bond donors (Lipinski definition) is 2. The predicted octanol–water partition coefficient (Wildman–Crippen LogP) is 2.21. The number of methoxy groups -OCH3 is 2. The second-order valence-corrected chi connectivity index (χ2v) is 7.61. The highest BCUT2D eigenvalue weighted by Gasteiger charge is 2.16. The lowest BCUT2D eigenvalue weighted by atomic mass is 10.2. The molecule has 0 unspecified atom stereocenters. The number of nitrogens with one attached hydrogen (secondary N) is 2. The van der Waals surface area contributed by atoms with E-state index in [-0.39, 0.29) is 29.6 Å². The molecule has 2 aromatic carbocycles. The summed E-state index contributed by atoms with van der Waals surface area (Å²) in [6.45, 7) is 1.26. The highest BCUT2D eigenvalue weighted by atomic mass is 32.2. The van der Waals surface area contributed by atoms with Gasteiger partial charge in [0.15, 0.2) is 5.78 Å². The molecule has 0 aliphatic heterocycles. The van der Waals surface area contributed by atoms with Crippen molar-refractivity contribution in [3.8, 4) is 11.5 Å². The number of ether oxygens (including phenoxy) is 2. The van der Waals surface area contributed by atoms with Crippen LogP contribution in [0.3, 0.4) is 0 Å². The summed E-state index contributed by atoms with van der Waals surface area (Å²) in [5.41, 5.74) is 0.748. The van der Waals surface area contributed by atoms with Gasteiger partial charge in [-0.25, -0.2) is 13.1 Å². The third kappa shape index (κ3) is 5.54. The second-order valence-electron chi connectivity index (χ2n) is 5.85. The van der Waals surface area contributed by atoms with Crippen LogP contribution < -0.4 is 19.5 Å². The maximum Gasteiger partial charge on any atom is 0.240 e. The van der Waals surface area contributed by atoms with Crippen LogP contribution in [0.1, 0.15) is 23.7 Å². The smallest absolute Gasteiger partial charge is 0.240 e. The van der Waals surface area contributed by atoms with Gasteiger partial charge in [0, 0.05) is 24.6 Å². The minimum atomic E-state index is -3.83. The number of carbonyl (C=O) groups is 2. The fraction of sp³-hybridized carbons (Fsp3) is 0.263. The zero-order chi connectivity index (χ0) is 20.7. The Bertz CT molecular complexity index is 972. The first-order valence-electron chi connectivity index (χ1n) is 8.39. The van der Waals surface area contributed by atoms with E-state index in [0.717, 1.165) is 0 Å². The standard InChI is InChI=1S/C19H22N2O6S/c1-13(22)14-5-4-6-16(11-14)28(24,25)20-10-9-19(23)21-17-8-7-15(26-2)12-18(17)27-3/h4-8,11-12,20H,9-10H2,1-3H3,(H,21,23). The maximum absolute atomic E-state index is 12.3. The Morgan fingerprint density at radius 2 is 1.79 bits per heavy atom. The van der Waals surface area contributed by atoms with Gasteiger partial charge in [0.2, 0.25) is 15.9 Å². The summed E-state index contributed by atoms with van der Waals surface area (Å²) >= 11 is 0. The van der Waals surface area contributed by atoms with E-state index in [0.29, 0.717) is 22.7 Å². The molecular weight excluding hydrogens is 384 g/mol. The van der Waals surface area contributed by atoms with Crippen molar-refractivity contribution in [1.82, 2.24) is 4.72 Å². The lowest BCUT2D eigenvalue weighted by molar-refractivity contribution is -0.116. The fourth-order valence-electron chi connectivity index (χ4n) is 2.38. The quantitative estimate of drug-likeness (QED) is 0.618. The monoisotopic (exact) mass is 406 g/mol. The molecule has 0 fully saturated rings. The minimum absolute atomic E-state index is 0.0302. The highest BCUT2D eigenvalue weighted by Crippen LogP contribution is 2.29. The Balaban J connectivity index is 1.96. The van der Waals surface area contributed by atoms with Gasteiger partial charge in [-0.2, -0.15) is 0 Å². The number of hydrogen-bond acceptors (Lipinski definition) is 6. The minimum Gasteiger partial charge on any atom is -0.497 e.